The van der Waals surface area contributed by atoms with E-state index in [1.807, 2.05) is 0 Å². The van der Waals surface area contributed by atoms with Gasteiger partial charge in [-0.25, -0.2) is 8.78 Å². The van der Waals surface area contributed by atoms with Gasteiger partial charge in [-0.05, 0) is 30.2 Å². The van der Waals surface area contributed by atoms with Gasteiger partial charge in [0, 0.05) is 19.6 Å². The van der Waals surface area contributed by atoms with Gasteiger partial charge in [-0.1, -0.05) is 19.9 Å². The fourth-order valence-electron chi connectivity index (χ4n) is 1.45. The van der Waals surface area contributed by atoms with Crippen molar-refractivity contribution in [1.29, 1.82) is 0 Å². The average molecular weight is 242 g/mol. The van der Waals surface area contributed by atoms with E-state index in [1.165, 1.54) is 6.07 Å². The Morgan fingerprint density at radius 3 is 2.41 bits per heavy atom. The second-order valence-electron chi connectivity index (χ2n) is 4.52. The van der Waals surface area contributed by atoms with E-state index in [2.05, 4.69) is 24.5 Å². The van der Waals surface area contributed by atoms with Crippen molar-refractivity contribution in [3.05, 3.63) is 35.4 Å². The van der Waals surface area contributed by atoms with E-state index in [0.717, 1.165) is 31.3 Å². The molecular formula is C13H20F2N2. The fraction of sp³-hybridized carbons (Fsp3) is 0.538. The quantitative estimate of drug-likeness (QED) is 0.717. The Bertz CT molecular complexity index is 340. The number of hydrogen-bond acceptors (Lipinski definition) is 2. The van der Waals surface area contributed by atoms with E-state index in [9.17, 15) is 8.78 Å². The highest BCUT2D eigenvalue weighted by molar-refractivity contribution is 5.17. The van der Waals surface area contributed by atoms with Crippen molar-refractivity contribution >= 4 is 0 Å². The molecule has 0 amide bonds. The Balaban J connectivity index is 2.16. The molecule has 1 aromatic rings. The summed E-state index contributed by atoms with van der Waals surface area (Å²) in [5, 5.41) is 6.47. The predicted molar refractivity (Wildman–Crippen MR) is 65.8 cm³/mol. The van der Waals surface area contributed by atoms with E-state index in [4.69, 9.17) is 0 Å². The van der Waals surface area contributed by atoms with Crippen LogP contribution in [0.1, 0.15) is 19.4 Å². The van der Waals surface area contributed by atoms with Gasteiger partial charge in [-0.2, -0.15) is 0 Å². The van der Waals surface area contributed by atoms with Crippen LogP contribution in [-0.2, 0) is 6.54 Å². The van der Waals surface area contributed by atoms with Crippen molar-refractivity contribution in [1.82, 2.24) is 10.6 Å². The van der Waals surface area contributed by atoms with Crippen LogP contribution in [0.5, 0.6) is 0 Å². The first kappa shape index (κ1) is 14.1. The van der Waals surface area contributed by atoms with Gasteiger partial charge in [0.25, 0.3) is 0 Å². The van der Waals surface area contributed by atoms with Crippen LogP contribution in [0.3, 0.4) is 0 Å². The Morgan fingerprint density at radius 1 is 1.06 bits per heavy atom. The standard InChI is InChI=1S/C13H20F2N2/c1-10(2)8-16-5-6-17-9-11-3-4-12(14)13(15)7-11/h3-4,7,10,16-17H,5-6,8-9H2,1-2H3. The number of halogens is 2. The summed E-state index contributed by atoms with van der Waals surface area (Å²) in [5.41, 5.74) is 0.757. The lowest BCUT2D eigenvalue weighted by Crippen LogP contribution is -2.29. The summed E-state index contributed by atoms with van der Waals surface area (Å²) in [7, 11) is 0. The molecule has 0 unspecified atom stereocenters. The third-order valence-electron chi connectivity index (χ3n) is 2.34. The lowest BCUT2D eigenvalue weighted by atomic mass is 10.2. The minimum atomic E-state index is -0.799. The molecule has 0 aliphatic heterocycles. The molecule has 0 bridgehead atoms. The van der Waals surface area contributed by atoms with Gasteiger partial charge < -0.3 is 10.6 Å². The molecule has 96 valence electrons. The molecule has 2 N–H and O–H groups in total. The van der Waals surface area contributed by atoms with Crippen molar-refractivity contribution in [2.24, 2.45) is 5.92 Å². The topological polar surface area (TPSA) is 24.1 Å². The summed E-state index contributed by atoms with van der Waals surface area (Å²) in [4.78, 5) is 0. The lowest BCUT2D eigenvalue weighted by molar-refractivity contribution is 0.505. The third kappa shape index (κ3) is 5.75. The third-order valence-corrected chi connectivity index (χ3v) is 2.34. The number of nitrogens with one attached hydrogen (secondary N) is 2. The zero-order valence-corrected chi connectivity index (χ0v) is 10.4. The number of rotatable bonds is 7. The molecule has 0 spiro atoms. The van der Waals surface area contributed by atoms with Crippen molar-refractivity contribution in [2.75, 3.05) is 19.6 Å². The molecule has 0 heterocycles. The summed E-state index contributed by atoms with van der Waals surface area (Å²) >= 11 is 0. The van der Waals surface area contributed by atoms with Crippen LogP contribution < -0.4 is 10.6 Å². The number of hydrogen-bond donors (Lipinski definition) is 2. The molecule has 1 rings (SSSR count). The van der Waals surface area contributed by atoms with Gasteiger partial charge in [0.15, 0.2) is 11.6 Å². The molecule has 0 atom stereocenters. The fourth-order valence-corrected chi connectivity index (χ4v) is 1.45. The maximum absolute atomic E-state index is 12.9. The van der Waals surface area contributed by atoms with E-state index in [1.54, 1.807) is 6.07 Å². The highest BCUT2D eigenvalue weighted by atomic mass is 19.2. The second kappa shape index (κ2) is 7.35. The van der Waals surface area contributed by atoms with Gasteiger partial charge >= 0.3 is 0 Å². The van der Waals surface area contributed by atoms with Crippen LogP contribution in [-0.4, -0.2) is 19.6 Å². The Kier molecular flexibility index (Phi) is 6.08. The Labute approximate surface area is 101 Å². The first-order valence-electron chi connectivity index (χ1n) is 5.95. The first-order valence-corrected chi connectivity index (χ1v) is 5.95. The van der Waals surface area contributed by atoms with Crippen molar-refractivity contribution in [2.45, 2.75) is 20.4 Å². The van der Waals surface area contributed by atoms with E-state index in [-0.39, 0.29) is 0 Å². The monoisotopic (exact) mass is 242 g/mol. The highest BCUT2D eigenvalue weighted by Crippen LogP contribution is 2.07. The van der Waals surface area contributed by atoms with Crippen LogP contribution in [0.2, 0.25) is 0 Å². The van der Waals surface area contributed by atoms with Crippen LogP contribution >= 0.6 is 0 Å². The molecule has 1 aromatic carbocycles. The van der Waals surface area contributed by atoms with Crippen molar-refractivity contribution < 1.29 is 8.78 Å². The minimum absolute atomic E-state index is 0.556. The maximum Gasteiger partial charge on any atom is 0.159 e. The molecule has 2 nitrogen and oxygen atoms in total. The molecule has 4 heteroatoms. The second-order valence-corrected chi connectivity index (χ2v) is 4.52. The van der Waals surface area contributed by atoms with Gasteiger partial charge in [0.05, 0.1) is 0 Å². The smallest absolute Gasteiger partial charge is 0.159 e. The van der Waals surface area contributed by atoms with E-state index >= 15 is 0 Å². The minimum Gasteiger partial charge on any atom is -0.315 e. The highest BCUT2D eigenvalue weighted by Gasteiger charge is 2.01. The lowest BCUT2D eigenvalue weighted by Gasteiger charge is -2.08. The molecule has 0 aliphatic carbocycles. The molecular weight excluding hydrogens is 222 g/mol. The summed E-state index contributed by atoms with van der Waals surface area (Å²) in [6.45, 7) is 7.55. The summed E-state index contributed by atoms with van der Waals surface area (Å²) in [6, 6.07) is 3.97. The molecule has 0 aromatic heterocycles. The first-order chi connectivity index (χ1) is 8.09. The summed E-state index contributed by atoms with van der Waals surface area (Å²) in [6.07, 6.45) is 0. The SMILES string of the molecule is CC(C)CNCCNCc1ccc(F)c(F)c1. The van der Waals surface area contributed by atoms with Gasteiger partial charge in [0.1, 0.15) is 0 Å². The van der Waals surface area contributed by atoms with E-state index < -0.39 is 11.6 Å². The predicted octanol–water partition coefficient (Wildman–Crippen LogP) is 2.30. The summed E-state index contributed by atoms with van der Waals surface area (Å²) < 4.78 is 25.5. The largest absolute Gasteiger partial charge is 0.315 e. The summed E-state index contributed by atoms with van der Waals surface area (Å²) in [5.74, 6) is -0.948. The molecule has 0 saturated heterocycles. The van der Waals surface area contributed by atoms with Crippen molar-refractivity contribution in [3.63, 3.8) is 0 Å². The zero-order chi connectivity index (χ0) is 12.7. The number of benzene rings is 1. The maximum atomic E-state index is 12.9. The van der Waals surface area contributed by atoms with Crippen LogP contribution in [0.4, 0.5) is 8.78 Å². The molecule has 0 fully saturated rings. The van der Waals surface area contributed by atoms with Gasteiger partial charge in [0.2, 0.25) is 0 Å². The normalized spacial score (nSPS) is 11.1. The zero-order valence-electron chi connectivity index (χ0n) is 10.4. The molecule has 0 radical (unpaired) electrons. The van der Waals surface area contributed by atoms with Gasteiger partial charge in [-0.3, -0.25) is 0 Å². The van der Waals surface area contributed by atoms with Crippen LogP contribution in [0.25, 0.3) is 0 Å². The van der Waals surface area contributed by atoms with E-state index in [0.29, 0.717) is 12.5 Å². The van der Waals surface area contributed by atoms with Gasteiger partial charge in [-0.15, -0.1) is 0 Å². The average Bonchev–Trinajstić information content (AvgIpc) is 2.27. The molecule has 0 saturated carbocycles. The van der Waals surface area contributed by atoms with Crippen LogP contribution in [0, 0.1) is 17.6 Å². The van der Waals surface area contributed by atoms with Crippen molar-refractivity contribution in [3.8, 4) is 0 Å². The molecule has 17 heavy (non-hydrogen) atoms. The van der Waals surface area contributed by atoms with Crippen LogP contribution in [0.15, 0.2) is 18.2 Å². The molecule has 0 aliphatic rings. The Morgan fingerprint density at radius 2 is 1.76 bits per heavy atom. The Hall–Kier alpha value is -1.00.